The van der Waals surface area contributed by atoms with Crippen LogP contribution >= 0.6 is 11.6 Å². The molecule has 1 amide bonds. The maximum absolute atomic E-state index is 14.1. The fraction of sp³-hybridized carbons (Fsp3) is 0.462. The Hall–Kier alpha value is -1.22. The Morgan fingerprint density at radius 3 is 2.77 bits per heavy atom. The Bertz CT molecular complexity index is 675. The van der Waals surface area contributed by atoms with Crippen molar-refractivity contribution in [3.63, 3.8) is 0 Å². The van der Waals surface area contributed by atoms with Crippen molar-refractivity contribution in [1.29, 1.82) is 0 Å². The largest absolute Gasteiger partial charge is 0.325 e. The molecule has 2 rings (SSSR count). The summed E-state index contributed by atoms with van der Waals surface area (Å²) in [6.45, 7) is 2.58. The third-order valence-electron chi connectivity index (χ3n) is 3.24. The van der Waals surface area contributed by atoms with E-state index < -0.39 is 26.6 Å². The average Bonchev–Trinajstić information content (AvgIpc) is 2.42. The molecule has 0 spiro atoms. The Kier molecular flexibility index (Phi) is 5.38. The first-order chi connectivity index (χ1) is 10.3. The number of carbonyl (C=O) groups excluding carboxylic acids is 1. The third-order valence-corrected chi connectivity index (χ3v) is 5.09. The summed E-state index contributed by atoms with van der Waals surface area (Å²) in [5, 5.41) is 5.37. The van der Waals surface area contributed by atoms with E-state index in [4.69, 9.17) is 11.6 Å². The SMILES string of the molecule is CC(=O)Nc1cc(F)c(S(=O)(=O)NC2CCCNC2)cc1Cl. The number of halogens is 2. The van der Waals surface area contributed by atoms with Crippen LogP contribution < -0.4 is 15.4 Å². The molecule has 1 aromatic carbocycles. The number of hydrogen-bond donors (Lipinski definition) is 3. The molecular weight excluding hydrogens is 333 g/mol. The molecule has 0 radical (unpaired) electrons. The van der Waals surface area contributed by atoms with Crippen LogP contribution in [0.1, 0.15) is 19.8 Å². The van der Waals surface area contributed by atoms with Gasteiger partial charge >= 0.3 is 0 Å². The molecule has 122 valence electrons. The van der Waals surface area contributed by atoms with Crippen molar-refractivity contribution in [2.24, 2.45) is 0 Å². The van der Waals surface area contributed by atoms with Crippen LogP contribution in [0, 0.1) is 5.82 Å². The van der Waals surface area contributed by atoms with E-state index >= 15 is 0 Å². The molecule has 3 N–H and O–H groups in total. The average molecular weight is 350 g/mol. The standard InChI is InChI=1S/C13H17ClFN3O3S/c1-8(19)17-12-6-11(15)13(5-10(12)14)22(20,21)18-9-3-2-4-16-7-9/h5-6,9,16,18H,2-4,7H2,1H3,(H,17,19). The predicted molar refractivity (Wildman–Crippen MR) is 81.9 cm³/mol. The number of piperidine rings is 1. The van der Waals surface area contributed by atoms with E-state index in [1.54, 1.807) is 0 Å². The molecule has 1 saturated heterocycles. The predicted octanol–water partition coefficient (Wildman–Crippen LogP) is 1.47. The maximum Gasteiger partial charge on any atom is 0.243 e. The van der Waals surface area contributed by atoms with Gasteiger partial charge in [-0.2, -0.15) is 0 Å². The number of hydrogen-bond acceptors (Lipinski definition) is 4. The molecule has 0 bridgehead atoms. The Morgan fingerprint density at radius 2 is 2.18 bits per heavy atom. The van der Waals surface area contributed by atoms with E-state index in [0.717, 1.165) is 25.1 Å². The van der Waals surface area contributed by atoms with Gasteiger partial charge in [0.15, 0.2) is 0 Å². The summed E-state index contributed by atoms with van der Waals surface area (Å²) in [6.07, 6.45) is 1.53. The highest BCUT2D eigenvalue weighted by Crippen LogP contribution is 2.28. The lowest BCUT2D eigenvalue weighted by Gasteiger charge is -2.23. The number of carbonyl (C=O) groups is 1. The van der Waals surface area contributed by atoms with Crippen molar-refractivity contribution in [2.45, 2.75) is 30.7 Å². The second kappa shape index (κ2) is 6.91. The van der Waals surface area contributed by atoms with Crippen molar-refractivity contribution in [1.82, 2.24) is 10.0 Å². The van der Waals surface area contributed by atoms with Crippen LogP contribution in [0.2, 0.25) is 5.02 Å². The summed E-state index contributed by atoms with van der Waals surface area (Å²) in [6, 6.07) is 1.62. The van der Waals surface area contributed by atoms with Gasteiger partial charge in [-0.1, -0.05) is 11.6 Å². The normalized spacial score (nSPS) is 19.0. The summed E-state index contributed by atoms with van der Waals surface area (Å²) in [5.74, 6) is -1.40. The number of benzene rings is 1. The first-order valence-corrected chi connectivity index (χ1v) is 8.65. The maximum atomic E-state index is 14.1. The van der Waals surface area contributed by atoms with Gasteiger partial charge in [-0.3, -0.25) is 4.79 Å². The van der Waals surface area contributed by atoms with Gasteiger partial charge in [-0.15, -0.1) is 0 Å². The molecule has 1 aliphatic heterocycles. The van der Waals surface area contributed by atoms with Gasteiger partial charge in [-0.25, -0.2) is 17.5 Å². The number of anilines is 1. The lowest BCUT2D eigenvalue weighted by molar-refractivity contribution is -0.114. The minimum absolute atomic E-state index is 0.0324. The number of rotatable bonds is 4. The van der Waals surface area contributed by atoms with Gasteiger partial charge in [-0.05, 0) is 25.5 Å². The fourth-order valence-corrected chi connectivity index (χ4v) is 3.89. The molecule has 22 heavy (non-hydrogen) atoms. The molecule has 1 aliphatic rings. The Labute approximate surface area is 133 Å². The fourth-order valence-electron chi connectivity index (χ4n) is 2.26. The van der Waals surface area contributed by atoms with E-state index in [2.05, 4.69) is 15.4 Å². The second-order valence-electron chi connectivity index (χ2n) is 5.11. The lowest BCUT2D eigenvalue weighted by atomic mass is 10.1. The first kappa shape index (κ1) is 17.1. The molecule has 6 nitrogen and oxygen atoms in total. The third kappa shape index (κ3) is 4.16. The quantitative estimate of drug-likeness (QED) is 0.768. The smallest absolute Gasteiger partial charge is 0.243 e. The minimum Gasteiger partial charge on any atom is -0.325 e. The van der Waals surface area contributed by atoms with Gasteiger partial charge in [0.1, 0.15) is 10.7 Å². The van der Waals surface area contributed by atoms with Crippen LogP contribution in [0.5, 0.6) is 0 Å². The van der Waals surface area contributed by atoms with Gasteiger partial charge in [0.25, 0.3) is 0 Å². The summed E-state index contributed by atoms with van der Waals surface area (Å²) in [5.41, 5.74) is 0.0324. The molecule has 0 aliphatic carbocycles. The van der Waals surface area contributed by atoms with Crippen molar-refractivity contribution in [2.75, 3.05) is 18.4 Å². The zero-order valence-electron chi connectivity index (χ0n) is 11.9. The van der Waals surface area contributed by atoms with Crippen LogP contribution in [0.3, 0.4) is 0 Å². The number of sulfonamides is 1. The van der Waals surface area contributed by atoms with Gasteiger partial charge in [0, 0.05) is 25.6 Å². The highest BCUT2D eigenvalue weighted by Gasteiger charge is 2.25. The Morgan fingerprint density at radius 1 is 1.45 bits per heavy atom. The van der Waals surface area contributed by atoms with Crippen LogP contribution in [0.4, 0.5) is 10.1 Å². The van der Waals surface area contributed by atoms with Gasteiger partial charge in [0.05, 0.1) is 10.7 Å². The molecule has 1 unspecified atom stereocenters. The highest BCUT2D eigenvalue weighted by molar-refractivity contribution is 7.89. The van der Waals surface area contributed by atoms with Crippen molar-refractivity contribution < 1.29 is 17.6 Å². The number of nitrogens with one attached hydrogen (secondary N) is 3. The minimum atomic E-state index is -4.02. The van der Waals surface area contributed by atoms with E-state index in [9.17, 15) is 17.6 Å². The molecule has 1 atom stereocenters. The molecular formula is C13H17ClFN3O3S. The van der Waals surface area contributed by atoms with Gasteiger partial charge < -0.3 is 10.6 Å². The molecule has 0 aromatic heterocycles. The molecule has 1 heterocycles. The number of amides is 1. The van der Waals surface area contributed by atoms with Crippen molar-refractivity contribution >= 4 is 33.2 Å². The summed E-state index contributed by atoms with van der Waals surface area (Å²) in [7, 11) is -4.02. The van der Waals surface area contributed by atoms with E-state index in [0.29, 0.717) is 13.0 Å². The van der Waals surface area contributed by atoms with Crippen LogP contribution in [-0.4, -0.2) is 33.5 Å². The van der Waals surface area contributed by atoms with E-state index in [1.807, 2.05) is 0 Å². The summed E-state index contributed by atoms with van der Waals surface area (Å²) < 4.78 is 41.1. The molecule has 1 fully saturated rings. The monoisotopic (exact) mass is 349 g/mol. The zero-order chi connectivity index (χ0) is 16.3. The highest BCUT2D eigenvalue weighted by atomic mass is 35.5. The van der Waals surface area contributed by atoms with Crippen LogP contribution in [-0.2, 0) is 14.8 Å². The van der Waals surface area contributed by atoms with E-state index in [-0.39, 0.29) is 16.8 Å². The molecule has 9 heteroatoms. The first-order valence-electron chi connectivity index (χ1n) is 6.79. The summed E-state index contributed by atoms with van der Waals surface area (Å²) in [4.78, 5) is 10.5. The molecule has 1 aromatic rings. The Balaban J connectivity index is 2.26. The van der Waals surface area contributed by atoms with Crippen molar-refractivity contribution in [3.05, 3.63) is 23.0 Å². The van der Waals surface area contributed by atoms with Crippen LogP contribution in [0.15, 0.2) is 17.0 Å². The zero-order valence-corrected chi connectivity index (χ0v) is 13.5. The van der Waals surface area contributed by atoms with E-state index in [1.165, 1.54) is 6.92 Å². The van der Waals surface area contributed by atoms with Crippen LogP contribution in [0.25, 0.3) is 0 Å². The topological polar surface area (TPSA) is 87.3 Å². The van der Waals surface area contributed by atoms with Gasteiger partial charge in [0.2, 0.25) is 15.9 Å². The van der Waals surface area contributed by atoms with Crippen molar-refractivity contribution in [3.8, 4) is 0 Å². The summed E-state index contributed by atoms with van der Waals surface area (Å²) >= 11 is 5.91. The lowest BCUT2D eigenvalue weighted by Crippen LogP contribution is -2.45. The molecule has 0 saturated carbocycles. The second-order valence-corrected chi connectivity index (χ2v) is 7.20.